The highest BCUT2D eigenvalue weighted by Crippen LogP contribution is 2.25. The maximum atomic E-state index is 8.63. The van der Waals surface area contributed by atoms with Gasteiger partial charge in [-0.3, -0.25) is 0 Å². The standard InChI is InChI=1S/C12H18O2/c1-12(2,3)10-5-4-6-11(9-10)14-8-7-13/h4-6,9,13H,7-8H2,1-3H3. The molecule has 0 atom stereocenters. The zero-order valence-corrected chi connectivity index (χ0v) is 9.08. The van der Waals surface area contributed by atoms with Crippen LogP contribution in [0.5, 0.6) is 5.75 Å². The van der Waals surface area contributed by atoms with Gasteiger partial charge < -0.3 is 9.84 Å². The maximum absolute atomic E-state index is 8.63. The van der Waals surface area contributed by atoms with Crippen molar-refractivity contribution in [2.24, 2.45) is 0 Å². The quantitative estimate of drug-likeness (QED) is 0.800. The molecule has 2 heteroatoms. The topological polar surface area (TPSA) is 29.5 Å². The highest BCUT2D eigenvalue weighted by molar-refractivity contribution is 5.32. The number of rotatable bonds is 3. The van der Waals surface area contributed by atoms with Gasteiger partial charge in [-0.15, -0.1) is 0 Å². The minimum absolute atomic E-state index is 0.0553. The van der Waals surface area contributed by atoms with Crippen LogP contribution in [0.1, 0.15) is 26.3 Å². The molecule has 0 saturated heterocycles. The lowest BCUT2D eigenvalue weighted by Gasteiger charge is -2.19. The Morgan fingerprint density at radius 2 is 2.00 bits per heavy atom. The first kappa shape index (κ1) is 11.1. The van der Waals surface area contributed by atoms with E-state index < -0.39 is 0 Å². The number of ether oxygens (including phenoxy) is 1. The normalized spacial score (nSPS) is 11.4. The summed E-state index contributed by atoms with van der Waals surface area (Å²) < 4.78 is 5.34. The Hall–Kier alpha value is -1.02. The predicted molar refractivity (Wildman–Crippen MR) is 57.7 cm³/mol. The van der Waals surface area contributed by atoms with Gasteiger partial charge in [-0.2, -0.15) is 0 Å². The van der Waals surface area contributed by atoms with Gasteiger partial charge in [0.25, 0.3) is 0 Å². The molecule has 14 heavy (non-hydrogen) atoms. The molecule has 1 aromatic carbocycles. The first-order chi connectivity index (χ1) is 6.54. The van der Waals surface area contributed by atoms with Crippen molar-refractivity contribution in [3.63, 3.8) is 0 Å². The Bertz CT molecular complexity index is 287. The number of aliphatic hydroxyl groups excluding tert-OH is 1. The van der Waals surface area contributed by atoms with Crippen molar-refractivity contribution in [3.05, 3.63) is 29.8 Å². The maximum Gasteiger partial charge on any atom is 0.119 e. The molecule has 0 aliphatic heterocycles. The summed E-state index contributed by atoms with van der Waals surface area (Å²) >= 11 is 0. The summed E-state index contributed by atoms with van der Waals surface area (Å²) in [5, 5.41) is 8.63. The van der Waals surface area contributed by atoms with Gasteiger partial charge in [0.1, 0.15) is 12.4 Å². The van der Waals surface area contributed by atoms with Crippen LogP contribution in [0.3, 0.4) is 0 Å². The fourth-order valence-electron chi connectivity index (χ4n) is 1.22. The van der Waals surface area contributed by atoms with Crippen molar-refractivity contribution in [2.75, 3.05) is 13.2 Å². The zero-order valence-electron chi connectivity index (χ0n) is 9.08. The highest BCUT2D eigenvalue weighted by atomic mass is 16.5. The van der Waals surface area contributed by atoms with Gasteiger partial charge in [0.2, 0.25) is 0 Å². The van der Waals surface area contributed by atoms with Gasteiger partial charge in [-0.25, -0.2) is 0 Å². The van der Waals surface area contributed by atoms with Crippen LogP contribution in [-0.4, -0.2) is 18.3 Å². The molecule has 0 saturated carbocycles. The lowest BCUT2D eigenvalue weighted by atomic mass is 9.87. The van der Waals surface area contributed by atoms with Crippen LogP contribution in [0, 0.1) is 0 Å². The van der Waals surface area contributed by atoms with E-state index in [0.717, 1.165) is 5.75 Å². The Morgan fingerprint density at radius 1 is 1.29 bits per heavy atom. The lowest BCUT2D eigenvalue weighted by molar-refractivity contribution is 0.201. The Balaban J connectivity index is 2.79. The molecule has 0 bridgehead atoms. The third-order valence-corrected chi connectivity index (χ3v) is 2.06. The smallest absolute Gasteiger partial charge is 0.119 e. The van der Waals surface area contributed by atoms with Crippen molar-refractivity contribution in [1.29, 1.82) is 0 Å². The van der Waals surface area contributed by atoms with E-state index in [1.165, 1.54) is 5.56 Å². The summed E-state index contributed by atoms with van der Waals surface area (Å²) in [5.74, 6) is 0.825. The second-order valence-corrected chi connectivity index (χ2v) is 4.35. The summed E-state index contributed by atoms with van der Waals surface area (Å²) in [4.78, 5) is 0. The third-order valence-electron chi connectivity index (χ3n) is 2.06. The molecule has 0 fully saturated rings. The Kier molecular flexibility index (Phi) is 3.53. The van der Waals surface area contributed by atoms with Gasteiger partial charge in [0.15, 0.2) is 0 Å². The molecule has 0 aliphatic carbocycles. The molecular weight excluding hydrogens is 176 g/mol. The fraction of sp³-hybridized carbons (Fsp3) is 0.500. The van der Waals surface area contributed by atoms with E-state index in [-0.39, 0.29) is 12.0 Å². The van der Waals surface area contributed by atoms with Gasteiger partial charge >= 0.3 is 0 Å². The van der Waals surface area contributed by atoms with E-state index in [4.69, 9.17) is 9.84 Å². The lowest BCUT2D eigenvalue weighted by Crippen LogP contribution is -2.11. The van der Waals surface area contributed by atoms with Crippen LogP contribution >= 0.6 is 0 Å². The van der Waals surface area contributed by atoms with Crippen LogP contribution in [0.15, 0.2) is 24.3 Å². The van der Waals surface area contributed by atoms with E-state index in [0.29, 0.717) is 6.61 Å². The molecule has 0 aliphatic rings. The summed E-state index contributed by atoms with van der Waals surface area (Å²) in [6.07, 6.45) is 0. The molecular formula is C12H18O2. The average Bonchev–Trinajstić information content (AvgIpc) is 2.14. The van der Waals surface area contributed by atoms with Gasteiger partial charge in [0.05, 0.1) is 6.61 Å². The first-order valence-electron chi connectivity index (χ1n) is 4.88. The molecule has 0 unspecified atom stereocenters. The average molecular weight is 194 g/mol. The molecule has 0 radical (unpaired) electrons. The van der Waals surface area contributed by atoms with E-state index >= 15 is 0 Å². The van der Waals surface area contributed by atoms with E-state index in [2.05, 4.69) is 26.8 Å². The first-order valence-corrected chi connectivity index (χ1v) is 4.88. The predicted octanol–water partition coefficient (Wildman–Crippen LogP) is 2.36. The van der Waals surface area contributed by atoms with Crippen LogP contribution in [-0.2, 0) is 5.41 Å². The molecule has 0 aromatic heterocycles. The summed E-state index contributed by atoms with van der Waals surface area (Å²) in [6.45, 7) is 6.90. The van der Waals surface area contributed by atoms with Gasteiger partial charge in [-0.1, -0.05) is 32.9 Å². The van der Waals surface area contributed by atoms with Gasteiger partial charge in [0, 0.05) is 0 Å². The second-order valence-electron chi connectivity index (χ2n) is 4.35. The second kappa shape index (κ2) is 4.47. The molecule has 78 valence electrons. The van der Waals surface area contributed by atoms with E-state index in [1.54, 1.807) is 0 Å². The number of aliphatic hydroxyl groups is 1. The van der Waals surface area contributed by atoms with E-state index in [9.17, 15) is 0 Å². The number of hydrogen-bond acceptors (Lipinski definition) is 2. The van der Waals surface area contributed by atoms with Crippen molar-refractivity contribution in [2.45, 2.75) is 26.2 Å². The van der Waals surface area contributed by atoms with Gasteiger partial charge in [-0.05, 0) is 23.1 Å². The Morgan fingerprint density at radius 3 is 2.57 bits per heavy atom. The monoisotopic (exact) mass is 194 g/mol. The van der Waals surface area contributed by atoms with Crippen LogP contribution in [0.25, 0.3) is 0 Å². The molecule has 1 aromatic rings. The Labute approximate surface area is 85.5 Å². The van der Waals surface area contributed by atoms with Crippen LogP contribution in [0.2, 0.25) is 0 Å². The van der Waals surface area contributed by atoms with E-state index in [1.807, 2.05) is 18.2 Å². The SMILES string of the molecule is CC(C)(C)c1cccc(OCCO)c1. The van der Waals surface area contributed by atoms with Crippen molar-refractivity contribution >= 4 is 0 Å². The summed E-state index contributed by atoms with van der Waals surface area (Å²) in [6, 6.07) is 8.00. The molecule has 0 spiro atoms. The third kappa shape index (κ3) is 3.04. The zero-order chi connectivity index (χ0) is 10.6. The molecule has 1 N–H and O–H groups in total. The number of hydrogen-bond donors (Lipinski definition) is 1. The summed E-state index contributed by atoms with van der Waals surface area (Å²) in [5.41, 5.74) is 1.38. The highest BCUT2D eigenvalue weighted by Gasteiger charge is 2.13. The number of benzene rings is 1. The van der Waals surface area contributed by atoms with Crippen LogP contribution in [0.4, 0.5) is 0 Å². The van der Waals surface area contributed by atoms with Crippen molar-refractivity contribution < 1.29 is 9.84 Å². The molecule has 0 amide bonds. The van der Waals surface area contributed by atoms with Crippen molar-refractivity contribution in [3.8, 4) is 5.75 Å². The molecule has 1 rings (SSSR count). The van der Waals surface area contributed by atoms with Crippen LogP contribution < -0.4 is 4.74 Å². The fourth-order valence-corrected chi connectivity index (χ4v) is 1.22. The largest absolute Gasteiger partial charge is 0.491 e. The molecule has 2 nitrogen and oxygen atoms in total. The van der Waals surface area contributed by atoms with Crippen molar-refractivity contribution in [1.82, 2.24) is 0 Å². The molecule has 0 heterocycles. The minimum Gasteiger partial charge on any atom is -0.491 e. The minimum atomic E-state index is 0.0553. The summed E-state index contributed by atoms with van der Waals surface area (Å²) in [7, 11) is 0.